The third kappa shape index (κ3) is 2.14. The minimum absolute atomic E-state index is 0.136. The lowest BCUT2D eigenvalue weighted by Crippen LogP contribution is -2.21. The van der Waals surface area contributed by atoms with E-state index in [1.807, 2.05) is 18.2 Å². The summed E-state index contributed by atoms with van der Waals surface area (Å²) in [6.07, 6.45) is 3.50. The average molecular weight is 291 g/mol. The van der Waals surface area contributed by atoms with Gasteiger partial charge in [0.15, 0.2) is 0 Å². The van der Waals surface area contributed by atoms with Crippen molar-refractivity contribution in [3.63, 3.8) is 0 Å². The summed E-state index contributed by atoms with van der Waals surface area (Å²) in [5.41, 5.74) is 9.29. The molecule has 0 radical (unpaired) electrons. The predicted octanol–water partition coefficient (Wildman–Crippen LogP) is 2.12. The van der Waals surface area contributed by atoms with Gasteiger partial charge in [0.05, 0.1) is 17.9 Å². The van der Waals surface area contributed by atoms with Gasteiger partial charge < -0.3 is 11.1 Å². The van der Waals surface area contributed by atoms with E-state index in [9.17, 15) is 4.79 Å². The SMILES string of the molecule is Cn1ncc(NC2CCc3cc(N)ccc32)c(Cl)c1=O. The van der Waals surface area contributed by atoms with Crippen LogP contribution in [0.4, 0.5) is 11.4 Å². The van der Waals surface area contributed by atoms with Gasteiger partial charge in [0, 0.05) is 12.7 Å². The highest BCUT2D eigenvalue weighted by Gasteiger charge is 2.23. The van der Waals surface area contributed by atoms with Crippen LogP contribution < -0.4 is 16.6 Å². The summed E-state index contributed by atoms with van der Waals surface area (Å²) >= 11 is 6.07. The van der Waals surface area contributed by atoms with Crippen LogP contribution in [-0.2, 0) is 13.5 Å². The third-order valence-electron chi connectivity index (χ3n) is 3.65. The number of benzene rings is 1. The first-order valence-electron chi connectivity index (χ1n) is 6.43. The molecule has 20 heavy (non-hydrogen) atoms. The highest BCUT2D eigenvalue weighted by Crippen LogP contribution is 2.35. The number of nitrogens with two attached hydrogens (primary N) is 1. The zero-order valence-corrected chi connectivity index (χ0v) is 11.8. The number of aryl methyl sites for hydroxylation is 2. The zero-order valence-electron chi connectivity index (χ0n) is 11.1. The molecule has 1 aromatic carbocycles. The first kappa shape index (κ1) is 13.0. The van der Waals surface area contributed by atoms with Gasteiger partial charge >= 0.3 is 0 Å². The number of hydrogen-bond acceptors (Lipinski definition) is 4. The van der Waals surface area contributed by atoms with Crippen molar-refractivity contribution in [2.24, 2.45) is 7.05 Å². The number of nitrogens with one attached hydrogen (secondary N) is 1. The molecule has 5 nitrogen and oxygen atoms in total. The van der Waals surface area contributed by atoms with Gasteiger partial charge in [0.1, 0.15) is 5.02 Å². The molecule has 1 aromatic heterocycles. The van der Waals surface area contributed by atoms with Gasteiger partial charge in [-0.1, -0.05) is 17.7 Å². The maximum atomic E-state index is 11.8. The molecular weight excluding hydrogens is 276 g/mol. The molecule has 0 fully saturated rings. The second kappa shape index (κ2) is 4.83. The summed E-state index contributed by atoms with van der Waals surface area (Å²) in [6, 6.07) is 6.05. The fourth-order valence-corrected chi connectivity index (χ4v) is 2.81. The first-order valence-corrected chi connectivity index (χ1v) is 6.80. The molecule has 0 bridgehead atoms. The van der Waals surface area contributed by atoms with Crippen LogP contribution in [0, 0.1) is 0 Å². The Morgan fingerprint density at radius 2 is 2.30 bits per heavy atom. The van der Waals surface area contributed by atoms with Crippen LogP contribution in [0.5, 0.6) is 0 Å². The Hall–Kier alpha value is -2.01. The highest BCUT2D eigenvalue weighted by molar-refractivity contribution is 6.32. The molecule has 0 spiro atoms. The van der Waals surface area contributed by atoms with Gasteiger partial charge in [-0.2, -0.15) is 5.10 Å². The van der Waals surface area contributed by atoms with E-state index in [0.717, 1.165) is 18.5 Å². The molecule has 3 N–H and O–H groups in total. The van der Waals surface area contributed by atoms with E-state index in [2.05, 4.69) is 10.4 Å². The van der Waals surface area contributed by atoms with Crippen LogP contribution >= 0.6 is 11.6 Å². The van der Waals surface area contributed by atoms with Crippen molar-refractivity contribution < 1.29 is 0 Å². The fraction of sp³-hybridized carbons (Fsp3) is 0.286. The summed E-state index contributed by atoms with van der Waals surface area (Å²) in [4.78, 5) is 11.8. The highest BCUT2D eigenvalue weighted by atomic mass is 35.5. The number of nitrogen functional groups attached to an aromatic ring is 1. The van der Waals surface area contributed by atoms with Crippen molar-refractivity contribution in [2.45, 2.75) is 18.9 Å². The van der Waals surface area contributed by atoms with Crippen molar-refractivity contribution in [3.8, 4) is 0 Å². The Bertz CT molecular complexity index is 726. The second-order valence-electron chi connectivity index (χ2n) is 4.99. The number of nitrogens with zero attached hydrogens (tertiary/aromatic N) is 2. The summed E-state index contributed by atoms with van der Waals surface area (Å²) < 4.78 is 1.22. The number of halogens is 1. The molecule has 0 aliphatic heterocycles. The topological polar surface area (TPSA) is 72.9 Å². The molecule has 6 heteroatoms. The second-order valence-corrected chi connectivity index (χ2v) is 5.37. The number of fused-ring (bicyclic) bond motifs is 1. The lowest BCUT2D eigenvalue weighted by atomic mass is 10.1. The van der Waals surface area contributed by atoms with Crippen molar-refractivity contribution in [1.29, 1.82) is 0 Å². The van der Waals surface area contributed by atoms with Crippen LogP contribution in [0.15, 0.2) is 29.2 Å². The molecule has 1 atom stereocenters. The minimum atomic E-state index is -0.299. The molecule has 0 amide bonds. The van der Waals surface area contributed by atoms with Crippen LogP contribution in [0.1, 0.15) is 23.6 Å². The zero-order chi connectivity index (χ0) is 14.3. The fourth-order valence-electron chi connectivity index (χ4n) is 2.59. The van der Waals surface area contributed by atoms with E-state index < -0.39 is 0 Å². The monoisotopic (exact) mass is 290 g/mol. The van der Waals surface area contributed by atoms with E-state index in [1.165, 1.54) is 15.8 Å². The summed E-state index contributed by atoms with van der Waals surface area (Å²) in [6.45, 7) is 0. The van der Waals surface area contributed by atoms with Gasteiger partial charge in [-0.05, 0) is 36.1 Å². The van der Waals surface area contributed by atoms with E-state index in [1.54, 1.807) is 13.2 Å². The third-order valence-corrected chi connectivity index (χ3v) is 4.02. The van der Waals surface area contributed by atoms with Crippen molar-refractivity contribution in [1.82, 2.24) is 9.78 Å². The van der Waals surface area contributed by atoms with Crippen LogP contribution in [0.2, 0.25) is 5.02 Å². The summed E-state index contributed by atoms with van der Waals surface area (Å²) in [7, 11) is 1.58. The van der Waals surface area contributed by atoms with Crippen LogP contribution in [0.25, 0.3) is 0 Å². The van der Waals surface area contributed by atoms with Crippen molar-refractivity contribution in [3.05, 3.63) is 50.9 Å². The number of aromatic nitrogens is 2. The molecule has 1 aliphatic rings. The van der Waals surface area contributed by atoms with Crippen molar-refractivity contribution >= 4 is 23.0 Å². The molecule has 3 rings (SSSR count). The first-order chi connectivity index (χ1) is 9.56. The van der Waals surface area contributed by atoms with Gasteiger partial charge in [-0.3, -0.25) is 4.79 Å². The lowest BCUT2D eigenvalue weighted by Gasteiger charge is -2.16. The number of rotatable bonds is 2. The molecular formula is C14H15ClN4O. The summed E-state index contributed by atoms with van der Waals surface area (Å²) in [5, 5.41) is 7.47. The van der Waals surface area contributed by atoms with Gasteiger partial charge in [-0.25, -0.2) is 4.68 Å². The predicted molar refractivity (Wildman–Crippen MR) is 80.0 cm³/mol. The summed E-state index contributed by atoms with van der Waals surface area (Å²) in [5.74, 6) is 0. The lowest BCUT2D eigenvalue weighted by molar-refractivity contribution is 0.702. The van der Waals surface area contributed by atoms with Gasteiger partial charge in [0.2, 0.25) is 0 Å². The van der Waals surface area contributed by atoms with E-state index in [4.69, 9.17) is 17.3 Å². The molecule has 0 saturated carbocycles. The molecule has 104 valence electrons. The molecule has 1 aliphatic carbocycles. The maximum Gasteiger partial charge on any atom is 0.287 e. The molecule has 2 aromatic rings. The number of hydrogen-bond donors (Lipinski definition) is 2. The Balaban J connectivity index is 1.92. The Morgan fingerprint density at radius 3 is 3.10 bits per heavy atom. The Kier molecular flexibility index (Phi) is 3.14. The normalized spacial score (nSPS) is 17.0. The van der Waals surface area contributed by atoms with Gasteiger partial charge in [0.25, 0.3) is 5.56 Å². The number of anilines is 2. The molecule has 0 saturated heterocycles. The van der Waals surface area contributed by atoms with Gasteiger partial charge in [-0.15, -0.1) is 0 Å². The molecule has 1 heterocycles. The Labute approximate surface area is 121 Å². The van der Waals surface area contributed by atoms with Crippen LogP contribution in [-0.4, -0.2) is 9.78 Å². The standard InChI is InChI=1S/C14H15ClN4O/c1-19-14(20)13(15)12(7-17-19)18-11-5-2-8-6-9(16)3-4-10(8)11/h3-4,6-7,11,18H,2,5,16H2,1H3. The smallest absolute Gasteiger partial charge is 0.287 e. The van der Waals surface area contributed by atoms with E-state index in [0.29, 0.717) is 5.69 Å². The van der Waals surface area contributed by atoms with Crippen LogP contribution in [0.3, 0.4) is 0 Å². The maximum absolute atomic E-state index is 11.8. The van der Waals surface area contributed by atoms with Crippen molar-refractivity contribution in [2.75, 3.05) is 11.1 Å². The molecule has 1 unspecified atom stereocenters. The van der Waals surface area contributed by atoms with E-state index in [-0.39, 0.29) is 16.6 Å². The Morgan fingerprint density at radius 1 is 1.50 bits per heavy atom. The quantitative estimate of drug-likeness (QED) is 0.831. The largest absolute Gasteiger partial charge is 0.399 e. The average Bonchev–Trinajstić information content (AvgIpc) is 2.82. The minimum Gasteiger partial charge on any atom is -0.399 e. The van der Waals surface area contributed by atoms with E-state index >= 15 is 0 Å².